The molecule has 0 saturated heterocycles. The fraction of sp³-hybridized carbons (Fsp3) is 0.132. The molecule has 1 heterocycles. The molecule has 0 fully saturated rings. The van der Waals surface area contributed by atoms with E-state index in [-0.39, 0.29) is 23.2 Å². The van der Waals surface area contributed by atoms with Crippen molar-refractivity contribution in [1.29, 1.82) is 0 Å². The first-order valence-corrected chi connectivity index (χ1v) is 22.3. The molecule has 1 aliphatic heterocycles. The maximum atomic E-state index is 14.8. The number of anilines is 1. The SMILES string of the molecule is CCCc1cccc(C(C)C)c1C1C(=O)c2ccc3c4ccc5c6ccc7c8c(ccc(c9ccc(c%10ccc(c2c3%10)C1=O)c4c59)c86)C(=O)N(c1cccc(S(=O)(=O)O)c1)C7=O. The van der Waals surface area contributed by atoms with E-state index in [0.29, 0.717) is 33.0 Å². The van der Waals surface area contributed by atoms with Gasteiger partial charge in [-0.15, -0.1) is 0 Å². The largest absolute Gasteiger partial charge is 0.294 e. The maximum absolute atomic E-state index is 14.8. The molecule has 0 saturated carbocycles. The van der Waals surface area contributed by atoms with Crippen molar-refractivity contribution in [2.75, 3.05) is 4.90 Å². The lowest BCUT2D eigenvalue weighted by molar-refractivity contribution is 0.0849. The third kappa shape index (κ3) is 4.61. The average molecular weight is 830 g/mol. The van der Waals surface area contributed by atoms with E-state index in [1.54, 1.807) is 12.1 Å². The molecule has 10 aromatic carbocycles. The van der Waals surface area contributed by atoms with Crippen LogP contribution in [0, 0.1) is 0 Å². The van der Waals surface area contributed by atoms with Crippen molar-refractivity contribution >= 4 is 115 Å². The fourth-order valence-corrected chi connectivity index (χ4v) is 11.6. The Bertz CT molecular complexity index is 3700. The van der Waals surface area contributed by atoms with Gasteiger partial charge in [0.1, 0.15) is 5.92 Å². The summed E-state index contributed by atoms with van der Waals surface area (Å²) in [5.74, 6) is -2.27. The van der Waals surface area contributed by atoms with E-state index in [1.165, 1.54) is 18.2 Å². The number of carbonyl (C=O) groups excluding carboxylic acids is 4. The zero-order chi connectivity index (χ0) is 42.7. The number of carbonyl (C=O) groups is 4. The number of nitrogens with zero attached hydrogens (tertiary/aromatic N) is 1. The van der Waals surface area contributed by atoms with Crippen LogP contribution in [-0.2, 0) is 16.5 Å². The Balaban J connectivity index is 1.08. The van der Waals surface area contributed by atoms with E-state index < -0.39 is 32.7 Å². The van der Waals surface area contributed by atoms with E-state index in [0.717, 1.165) is 105 Å². The minimum Gasteiger partial charge on any atom is -0.293 e. The summed E-state index contributed by atoms with van der Waals surface area (Å²) in [4.78, 5) is 58.6. The molecule has 62 heavy (non-hydrogen) atoms. The molecule has 2 aliphatic rings. The second kappa shape index (κ2) is 12.5. The van der Waals surface area contributed by atoms with Crippen LogP contribution < -0.4 is 4.90 Å². The number of aryl methyl sites for hydroxylation is 1. The first kappa shape index (κ1) is 36.8. The van der Waals surface area contributed by atoms with Crippen LogP contribution in [-0.4, -0.2) is 36.4 Å². The molecular weight excluding hydrogens is 795 g/mol. The molecule has 1 aliphatic carbocycles. The summed E-state index contributed by atoms with van der Waals surface area (Å²) in [7, 11) is -4.59. The number of fused-ring (bicyclic) bond motifs is 4. The van der Waals surface area contributed by atoms with Crippen molar-refractivity contribution in [2.45, 2.75) is 50.3 Å². The van der Waals surface area contributed by atoms with Crippen LogP contribution in [0.5, 0.6) is 0 Å². The zero-order valence-corrected chi connectivity index (χ0v) is 34.6. The number of imide groups is 1. The van der Waals surface area contributed by atoms with E-state index in [4.69, 9.17) is 0 Å². The van der Waals surface area contributed by atoms with Crippen molar-refractivity contribution in [3.63, 3.8) is 0 Å². The van der Waals surface area contributed by atoms with Gasteiger partial charge in [-0.25, -0.2) is 4.90 Å². The van der Waals surface area contributed by atoms with Crippen molar-refractivity contribution in [2.24, 2.45) is 0 Å². The Morgan fingerprint density at radius 2 is 0.968 bits per heavy atom. The van der Waals surface area contributed by atoms with Crippen LogP contribution in [0.15, 0.2) is 120 Å². The minimum absolute atomic E-state index is 0.0328. The van der Waals surface area contributed by atoms with Crippen LogP contribution in [0.1, 0.15) is 97.2 Å². The van der Waals surface area contributed by atoms with Gasteiger partial charge in [0.15, 0.2) is 11.6 Å². The lowest BCUT2D eigenvalue weighted by Crippen LogP contribution is -2.40. The van der Waals surface area contributed by atoms with Crippen LogP contribution in [0.2, 0.25) is 0 Å². The number of Topliss-reactive ketones (excluding diaryl/α,β-unsaturated/α-hetero) is 2. The second-order valence-electron chi connectivity index (χ2n) is 17.1. The zero-order valence-electron chi connectivity index (χ0n) is 33.8. The predicted molar refractivity (Wildman–Crippen MR) is 245 cm³/mol. The Hall–Kier alpha value is -7.07. The van der Waals surface area contributed by atoms with E-state index >= 15 is 0 Å². The highest BCUT2D eigenvalue weighted by Crippen LogP contribution is 2.51. The Morgan fingerprint density at radius 3 is 1.42 bits per heavy atom. The quantitative estimate of drug-likeness (QED) is 0.0581. The topological polar surface area (TPSA) is 126 Å². The summed E-state index contributed by atoms with van der Waals surface area (Å²) < 4.78 is 33.6. The van der Waals surface area contributed by atoms with E-state index in [2.05, 4.69) is 57.2 Å². The van der Waals surface area contributed by atoms with Crippen molar-refractivity contribution in [3.05, 3.63) is 154 Å². The highest BCUT2D eigenvalue weighted by molar-refractivity contribution is 7.85. The average Bonchev–Trinajstić information content (AvgIpc) is 3.26. The lowest BCUT2D eigenvalue weighted by atomic mass is 9.71. The standard InChI is InChI=1S/C53H35NO7S/c1-4-7-26-8-5-11-29(25(2)3)42(26)49-50(55)38-20-16-34-30-12-14-32-36-18-22-40-48-41(53(58)54(52(40)57)27-9-6-10-28(24-27)62(59,60)61)23-19-37(46(36)48)33-15-13-31(43(30)44(32)33)35-17-21-39(51(49)56)47(38)45(34)35/h5-6,8-25,49H,4,7H2,1-3H3,(H,59,60,61). The lowest BCUT2D eigenvalue weighted by Gasteiger charge is -2.29. The molecule has 0 aromatic heterocycles. The molecular formula is C53H35NO7S. The Kier molecular flexibility index (Phi) is 7.41. The first-order chi connectivity index (χ1) is 29.9. The van der Waals surface area contributed by atoms with Crippen molar-refractivity contribution < 1.29 is 32.1 Å². The fourth-order valence-electron chi connectivity index (χ4n) is 11.1. The van der Waals surface area contributed by atoms with Gasteiger partial charge in [0.05, 0.1) is 10.6 Å². The van der Waals surface area contributed by atoms with Gasteiger partial charge >= 0.3 is 0 Å². The van der Waals surface area contributed by atoms with Crippen LogP contribution in [0.4, 0.5) is 5.69 Å². The van der Waals surface area contributed by atoms with Gasteiger partial charge in [0, 0.05) is 33.0 Å². The third-order valence-corrected chi connectivity index (χ3v) is 14.4. The second-order valence-corrected chi connectivity index (χ2v) is 18.5. The highest BCUT2D eigenvalue weighted by atomic mass is 32.2. The summed E-state index contributed by atoms with van der Waals surface area (Å²) in [6, 6.07) is 34.9. The van der Waals surface area contributed by atoms with E-state index in [9.17, 15) is 32.1 Å². The van der Waals surface area contributed by atoms with Gasteiger partial charge in [-0.05, 0) is 124 Å². The molecule has 12 rings (SSSR count). The molecule has 10 aromatic rings. The van der Waals surface area contributed by atoms with Crippen LogP contribution in [0.3, 0.4) is 0 Å². The number of hydrogen-bond donors (Lipinski definition) is 1. The summed E-state index contributed by atoms with van der Waals surface area (Å²) in [6.45, 7) is 6.34. The number of rotatable bonds is 6. The summed E-state index contributed by atoms with van der Waals surface area (Å²) in [5.41, 5.74) is 4.74. The highest BCUT2D eigenvalue weighted by Gasteiger charge is 2.41. The molecule has 0 bridgehead atoms. The van der Waals surface area contributed by atoms with Gasteiger partial charge in [-0.3, -0.25) is 23.7 Å². The third-order valence-electron chi connectivity index (χ3n) is 13.6. The van der Waals surface area contributed by atoms with Gasteiger partial charge in [0.2, 0.25) is 0 Å². The molecule has 9 heteroatoms. The number of hydrogen-bond acceptors (Lipinski definition) is 6. The van der Waals surface area contributed by atoms with Gasteiger partial charge in [0.25, 0.3) is 21.9 Å². The number of benzene rings is 10. The Labute approximate surface area is 354 Å². The smallest absolute Gasteiger partial charge is 0.293 e. The first-order valence-electron chi connectivity index (χ1n) is 20.9. The Morgan fingerprint density at radius 1 is 0.548 bits per heavy atom. The molecule has 8 nitrogen and oxygen atoms in total. The molecule has 0 radical (unpaired) electrons. The van der Waals surface area contributed by atoms with Crippen molar-refractivity contribution in [3.8, 4) is 0 Å². The van der Waals surface area contributed by atoms with Crippen molar-refractivity contribution in [1.82, 2.24) is 0 Å². The molecule has 1 N–H and O–H groups in total. The van der Waals surface area contributed by atoms with Gasteiger partial charge < -0.3 is 0 Å². The predicted octanol–water partition coefficient (Wildman–Crippen LogP) is 11.9. The maximum Gasteiger partial charge on any atom is 0.294 e. The summed E-state index contributed by atoms with van der Waals surface area (Å²) in [6.07, 6.45) is 1.68. The number of ketones is 2. The summed E-state index contributed by atoms with van der Waals surface area (Å²) in [5, 5.41) is 12.6. The summed E-state index contributed by atoms with van der Waals surface area (Å²) >= 11 is 0. The van der Waals surface area contributed by atoms with E-state index in [1.807, 2.05) is 42.5 Å². The minimum atomic E-state index is -4.59. The molecule has 2 amide bonds. The molecule has 0 unspecified atom stereocenters. The molecule has 0 atom stereocenters. The molecule has 300 valence electrons. The van der Waals surface area contributed by atoms with Crippen LogP contribution in [0.25, 0.3) is 75.4 Å². The van der Waals surface area contributed by atoms with Gasteiger partial charge in [-0.1, -0.05) is 112 Å². The van der Waals surface area contributed by atoms with Crippen LogP contribution >= 0.6 is 0 Å². The monoisotopic (exact) mass is 829 g/mol. The van der Waals surface area contributed by atoms with Gasteiger partial charge in [-0.2, -0.15) is 8.42 Å². The molecule has 0 spiro atoms. The number of amides is 2. The normalized spacial score (nSPS) is 14.9.